The summed E-state index contributed by atoms with van der Waals surface area (Å²) >= 11 is 0. The highest BCUT2D eigenvalue weighted by molar-refractivity contribution is 5.99. The smallest absolute Gasteiger partial charge is 0.227 e. The number of aliphatic hydroxyl groups is 1. The SMILES string of the molecule is COCCN1C[C@H](C(=O)c2cccc(O)c2)[C@H](c2cccc(F)c2C)[C@H](C(=O)N2CCC(O)C2)C1. The summed E-state index contributed by atoms with van der Waals surface area (Å²) in [6, 6.07) is 11.0. The fourth-order valence-corrected chi connectivity index (χ4v) is 5.49. The van der Waals surface area contributed by atoms with Crippen LogP contribution in [0.4, 0.5) is 4.39 Å². The third-order valence-corrected chi connectivity index (χ3v) is 7.32. The number of hydrogen-bond acceptors (Lipinski definition) is 6. The first-order valence-electron chi connectivity index (χ1n) is 12.1. The third-order valence-electron chi connectivity index (χ3n) is 7.32. The molecule has 0 saturated carbocycles. The molecule has 7 nitrogen and oxygen atoms in total. The first-order chi connectivity index (χ1) is 16.8. The highest BCUT2D eigenvalue weighted by Crippen LogP contribution is 2.42. The zero-order valence-corrected chi connectivity index (χ0v) is 20.2. The molecule has 2 heterocycles. The Morgan fingerprint density at radius 1 is 1.11 bits per heavy atom. The van der Waals surface area contributed by atoms with Crippen molar-refractivity contribution in [2.75, 3.05) is 46.4 Å². The van der Waals surface area contributed by atoms with Crippen LogP contribution in [0.15, 0.2) is 42.5 Å². The molecule has 4 rings (SSSR count). The lowest BCUT2D eigenvalue weighted by Gasteiger charge is -2.44. The van der Waals surface area contributed by atoms with Crippen molar-refractivity contribution in [2.24, 2.45) is 11.8 Å². The summed E-state index contributed by atoms with van der Waals surface area (Å²) in [5, 5.41) is 20.0. The molecule has 0 radical (unpaired) electrons. The number of ether oxygens (including phenoxy) is 1. The number of aromatic hydroxyl groups is 1. The summed E-state index contributed by atoms with van der Waals surface area (Å²) in [5.41, 5.74) is 1.43. The van der Waals surface area contributed by atoms with Gasteiger partial charge in [-0.25, -0.2) is 4.39 Å². The van der Waals surface area contributed by atoms with Crippen molar-refractivity contribution in [3.63, 3.8) is 0 Å². The zero-order chi connectivity index (χ0) is 25.1. The molecule has 2 aromatic rings. The highest BCUT2D eigenvalue weighted by Gasteiger charge is 2.47. The Bertz CT molecular complexity index is 1080. The minimum absolute atomic E-state index is 0.0138. The second-order valence-corrected chi connectivity index (χ2v) is 9.59. The van der Waals surface area contributed by atoms with E-state index >= 15 is 0 Å². The van der Waals surface area contributed by atoms with Gasteiger partial charge in [0, 0.05) is 57.2 Å². The molecule has 2 aromatic carbocycles. The highest BCUT2D eigenvalue weighted by atomic mass is 19.1. The molecule has 2 aliphatic rings. The quantitative estimate of drug-likeness (QED) is 0.588. The standard InChI is InChI=1S/C27H33FN2O5/c1-17-21(7-4-8-24(17)28)25-22(26(33)18-5-3-6-19(31)13-18)15-29(11-12-35-2)16-23(25)27(34)30-10-9-20(32)14-30/h3-8,13,20,22-23,25,31-32H,9-12,14-16H2,1-2H3/t20?,22-,23+,25-/m0/s1. The summed E-state index contributed by atoms with van der Waals surface area (Å²) < 4.78 is 19.9. The summed E-state index contributed by atoms with van der Waals surface area (Å²) in [4.78, 5) is 31.4. The lowest BCUT2D eigenvalue weighted by Crippen LogP contribution is -2.53. The van der Waals surface area contributed by atoms with Crippen molar-refractivity contribution in [1.29, 1.82) is 0 Å². The number of phenols is 1. The van der Waals surface area contributed by atoms with Crippen LogP contribution in [0.1, 0.15) is 33.8 Å². The Hall–Kier alpha value is -2.81. The van der Waals surface area contributed by atoms with Gasteiger partial charge in [0.15, 0.2) is 5.78 Å². The van der Waals surface area contributed by atoms with Crippen molar-refractivity contribution in [3.8, 4) is 5.75 Å². The van der Waals surface area contributed by atoms with Gasteiger partial charge in [0.25, 0.3) is 0 Å². The first-order valence-corrected chi connectivity index (χ1v) is 12.1. The van der Waals surface area contributed by atoms with Crippen LogP contribution < -0.4 is 0 Å². The van der Waals surface area contributed by atoms with Crippen molar-refractivity contribution in [3.05, 3.63) is 65.0 Å². The number of piperidine rings is 1. The van der Waals surface area contributed by atoms with E-state index in [1.807, 2.05) is 0 Å². The van der Waals surface area contributed by atoms with Crippen LogP contribution in [0.5, 0.6) is 5.75 Å². The van der Waals surface area contributed by atoms with E-state index in [1.54, 1.807) is 43.2 Å². The van der Waals surface area contributed by atoms with E-state index in [2.05, 4.69) is 4.90 Å². The Morgan fingerprint density at radius 3 is 2.54 bits per heavy atom. The number of β-amino-alcohol motifs (C(OH)–C–C–N with tert-alkyl or cyclic N) is 1. The van der Waals surface area contributed by atoms with Crippen LogP contribution in [0, 0.1) is 24.6 Å². The topological polar surface area (TPSA) is 90.3 Å². The van der Waals surface area contributed by atoms with Crippen LogP contribution in [0.25, 0.3) is 0 Å². The monoisotopic (exact) mass is 484 g/mol. The van der Waals surface area contributed by atoms with E-state index in [-0.39, 0.29) is 29.8 Å². The van der Waals surface area contributed by atoms with Crippen molar-refractivity contribution in [1.82, 2.24) is 9.80 Å². The number of benzene rings is 2. The maximum Gasteiger partial charge on any atom is 0.227 e. The van der Waals surface area contributed by atoms with Gasteiger partial charge >= 0.3 is 0 Å². The number of amides is 1. The molecule has 1 amide bonds. The third kappa shape index (κ3) is 5.39. The Kier molecular flexibility index (Phi) is 7.84. The van der Waals surface area contributed by atoms with Crippen molar-refractivity contribution in [2.45, 2.75) is 25.4 Å². The summed E-state index contributed by atoms with van der Waals surface area (Å²) in [6.45, 7) is 4.16. The predicted octanol–water partition coefficient (Wildman–Crippen LogP) is 2.59. The Balaban J connectivity index is 1.79. The number of nitrogens with zero attached hydrogens (tertiary/aromatic N) is 2. The summed E-state index contributed by atoms with van der Waals surface area (Å²) in [5.74, 6) is -2.51. The number of rotatable bonds is 7. The van der Waals surface area contributed by atoms with Gasteiger partial charge in [0.1, 0.15) is 11.6 Å². The molecule has 0 aromatic heterocycles. The number of Topliss-reactive ketones (excluding diaryl/α,β-unsaturated/α-hetero) is 1. The van der Waals surface area contributed by atoms with E-state index < -0.39 is 23.9 Å². The normalized spacial score (nSPS) is 25.1. The lowest BCUT2D eigenvalue weighted by molar-refractivity contribution is -0.138. The molecule has 4 atom stereocenters. The van der Waals surface area contributed by atoms with Gasteiger partial charge in [-0.2, -0.15) is 0 Å². The van der Waals surface area contributed by atoms with E-state index in [9.17, 15) is 24.2 Å². The van der Waals surface area contributed by atoms with E-state index in [0.29, 0.717) is 55.9 Å². The van der Waals surface area contributed by atoms with Gasteiger partial charge in [-0.3, -0.25) is 14.5 Å². The summed E-state index contributed by atoms with van der Waals surface area (Å²) in [7, 11) is 1.60. The number of likely N-dealkylation sites (tertiary alicyclic amines) is 2. The minimum atomic E-state index is -0.635. The fourth-order valence-electron chi connectivity index (χ4n) is 5.49. The maximum absolute atomic E-state index is 14.7. The van der Waals surface area contributed by atoms with Crippen molar-refractivity contribution < 1.29 is 28.9 Å². The number of phenolic OH excluding ortho intramolecular Hbond substituents is 1. The second-order valence-electron chi connectivity index (χ2n) is 9.59. The Labute approximate surface area is 205 Å². The van der Waals surface area contributed by atoms with Crippen LogP contribution in [0.2, 0.25) is 0 Å². The molecule has 1 unspecified atom stereocenters. The van der Waals surface area contributed by atoms with Crippen LogP contribution in [-0.2, 0) is 9.53 Å². The number of carbonyl (C=O) groups excluding carboxylic acids is 2. The molecule has 2 aliphatic heterocycles. The van der Waals surface area contributed by atoms with Crippen LogP contribution in [-0.4, -0.2) is 84.2 Å². The van der Waals surface area contributed by atoms with Gasteiger partial charge in [-0.1, -0.05) is 24.3 Å². The molecule has 188 valence electrons. The van der Waals surface area contributed by atoms with Crippen LogP contribution in [0.3, 0.4) is 0 Å². The van der Waals surface area contributed by atoms with Gasteiger partial charge in [-0.05, 0) is 42.7 Å². The van der Waals surface area contributed by atoms with Gasteiger partial charge in [0.05, 0.1) is 18.6 Å². The molecular formula is C27H33FN2O5. The molecule has 2 fully saturated rings. The number of carbonyl (C=O) groups is 2. The van der Waals surface area contributed by atoms with E-state index in [4.69, 9.17) is 4.74 Å². The molecule has 0 bridgehead atoms. The molecular weight excluding hydrogens is 451 g/mol. The van der Waals surface area contributed by atoms with E-state index in [1.165, 1.54) is 18.2 Å². The second kappa shape index (κ2) is 10.8. The molecule has 0 aliphatic carbocycles. The number of aliphatic hydroxyl groups excluding tert-OH is 1. The fraction of sp³-hybridized carbons (Fsp3) is 0.481. The van der Waals surface area contributed by atoms with Crippen molar-refractivity contribution >= 4 is 11.7 Å². The lowest BCUT2D eigenvalue weighted by atomic mass is 9.69. The predicted molar refractivity (Wildman–Crippen MR) is 129 cm³/mol. The van der Waals surface area contributed by atoms with Gasteiger partial charge < -0.3 is 19.8 Å². The maximum atomic E-state index is 14.7. The number of ketones is 1. The van der Waals surface area contributed by atoms with Crippen LogP contribution >= 0.6 is 0 Å². The minimum Gasteiger partial charge on any atom is -0.508 e. The average molecular weight is 485 g/mol. The Morgan fingerprint density at radius 2 is 1.86 bits per heavy atom. The number of methoxy groups -OCH3 is 1. The number of halogens is 1. The largest absolute Gasteiger partial charge is 0.508 e. The van der Waals surface area contributed by atoms with Gasteiger partial charge in [-0.15, -0.1) is 0 Å². The molecule has 2 N–H and O–H groups in total. The van der Waals surface area contributed by atoms with Gasteiger partial charge in [0.2, 0.25) is 5.91 Å². The molecule has 35 heavy (non-hydrogen) atoms. The number of hydrogen-bond donors (Lipinski definition) is 2. The molecule has 0 spiro atoms. The molecule has 2 saturated heterocycles. The average Bonchev–Trinajstić information content (AvgIpc) is 3.29. The summed E-state index contributed by atoms with van der Waals surface area (Å²) in [6.07, 6.45) is -0.0487. The molecule has 8 heteroatoms. The zero-order valence-electron chi connectivity index (χ0n) is 20.2. The first kappa shape index (κ1) is 25.3. The van der Waals surface area contributed by atoms with E-state index in [0.717, 1.165) is 0 Å².